The van der Waals surface area contributed by atoms with E-state index in [1.807, 2.05) is 0 Å². The third kappa shape index (κ3) is 1.00. The molecule has 0 spiro atoms. The molecule has 0 unspecified atom stereocenters. The monoisotopic (exact) mass is 136 g/mol. The number of hydrogen-bond acceptors (Lipinski definition) is 4. The van der Waals surface area contributed by atoms with Gasteiger partial charge in [-0.2, -0.15) is 0 Å². The van der Waals surface area contributed by atoms with Crippen LogP contribution in [0.15, 0.2) is 0 Å². The summed E-state index contributed by atoms with van der Waals surface area (Å²) >= 11 is 0. The highest BCUT2D eigenvalue weighted by molar-refractivity contribution is 6.60. The Morgan fingerprint density at radius 3 is 1.00 bits per heavy atom. The minimum atomic E-state index is 0.164. The fourth-order valence-corrected chi connectivity index (χ4v) is 0.780. The van der Waals surface area contributed by atoms with Crippen LogP contribution in [-0.4, -0.2) is 22.8 Å². The van der Waals surface area contributed by atoms with Gasteiger partial charge in [-0.05, 0) is 0 Å². The maximum absolute atomic E-state index is 7.15. The normalized spacial score (nSPS) is 20.0. The van der Waals surface area contributed by atoms with Gasteiger partial charge in [-0.25, -0.2) is 0 Å². The molecule has 0 aromatic rings. The summed E-state index contributed by atoms with van der Waals surface area (Å²) in [5.41, 5.74) is 0.726. The molecule has 0 saturated heterocycles. The van der Waals surface area contributed by atoms with Gasteiger partial charge in [-0.1, -0.05) is 0 Å². The standard InChI is InChI=1S/C6H8N4/c7-3-1-4(8)6(10)2-5(3)9/h7-10H,1-2H2. The van der Waals surface area contributed by atoms with Crippen molar-refractivity contribution >= 4 is 22.8 Å². The van der Waals surface area contributed by atoms with Crippen LogP contribution < -0.4 is 0 Å². The largest absolute Gasteiger partial charge is 0.303 e. The lowest BCUT2D eigenvalue weighted by Gasteiger charge is -2.13. The molecule has 0 heterocycles. The van der Waals surface area contributed by atoms with Crippen molar-refractivity contribution in [3.05, 3.63) is 0 Å². The quantitative estimate of drug-likeness (QED) is 0.380. The first-order chi connectivity index (χ1) is 4.61. The van der Waals surface area contributed by atoms with Crippen LogP contribution in [0.4, 0.5) is 0 Å². The molecule has 1 fully saturated rings. The van der Waals surface area contributed by atoms with Gasteiger partial charge in [0.25, 0.3) is 0 Å². The number of hydrogen-bond donors (Lipinski definition) is 4. The lowest BCUT2D eigenvalue weighted by Crippen LogP contribution is -2.30. The summed E-state index contributed by atoms with van der Waals surface area (Å²) in [4.78, 5) is 0. The molecule has 0 aromatic heterocycles. The van der Waals surface area contributed by atoms with Crippen LogP contribution in [0.2, 0.25) is 0 Å². The average Bonchev–Trinajstić information content (AvgIpc) is 1.84. The van der Waals surface area contributed by atoms with Crippen LogP contribution in [-0.2, 0) is 0 Å². The van der Waals surface area contributed by atoms with Crippen LogP contribution in [0.3, 0.4) is 0 Å². The average molecular weight is 136 g/mol. The zero-order valence-electron chi connectivity index (χ0n) is 5.41. The van der Waals surface area contributed by atoms with E-state index in [2.05, 4.69) is 0 Å². The molecule has 0 bridgehead atoms. The second kappa shape index (κ2) is 2.13. The molecule has 52 valence electrons. The highest BCUT2D eigenvalue weighted by Crippen LogP contribution is 2.04. The van der Waals surface area contributed by atoms with E-state index in [1.54, 1.807) is 0 Å². The summed E-state index contributed by atoms with van der Waals surface area (Å²) in [6, 6.07) is 0. The Balaban J connectivity index is 2.82. The van der Waals surface area contributed by atoms with Gasteiger partial charge in [-0.15, -0.1) is 0 Å². The van der Waals surface area contributed by atoms with Gasteiger partial charge in [0.05, 0.1) is 22.8 Å². The second-order valence-electron chi connectivity index (χ2n) is 2.27. The van der Waals surface area contributed by atoms with Crippen molar-refractivity contribution in [1.29, 1.82) is 21.6 Å². The summed E-state index contributed by atoms with van der Waals surface area (Å²) < 4.78 is 0. The SMILES string of the molecule is N=C1CC(=N)C(=N)CC1=N. The highest BCUT2D eigenvalue weighted by atomic mass is 14.6. The highest BCUT2D eigenvalue weighted by Gasteiger charge is 2.19. The predicted molar refractivity (Wildman–Crippen MR) is 40.1 cm³/mol. The van der Waals surface area contributed by atoms with E-state index in [9.17, 15) is 0 Å². The van der Waals surface area contributed by atoms with Gasteiger partial charge in [0.1, 0.15) is 0 Å². The van der Waals surface area contributed by atoms with E-state index in [4.69, 9.17) is 21.6 Å². The summed E-state index contributed by atoms with van der Waals surface area (Å²) in [5, 5.41) is 28.6. The van der Waals surface area contributed by atoms with Crippen molar-refractivity contribution in [2.24, 2.45) is 0 Å². The molecule has 1 aliphatic carbocycles. The Labute approximate surface area is 58.3 Å². The molecule has 4 nitrogen and oxygen atoms in total. The Hall–Kier alpha value is -1.32. The Bertz CT molecular complexity index is 188. The Kier molecular flexibility index (Phi) is 1.45. The predicted octanol–water partition coefficient (Wildman–Crippen LogP) is 0.859. The van der Waals surface area contributed by atoms with E-state index >= 15 is 0 Å². The summed E-state index contributed by atoms with van der Waals surface area (Å²) in [5.74, 6) is 0. The van der Waals surface area contributed by atoms with E-state index in [0.29, 0.717) is 0 Å². The fourth-order valence-electron chi connectivity index (χ4n) is 0.780. The molecular formula is C6H8N4. The van der Waals surface area contributed by atoms with Crippen LogP contribution in [0.1, 0.15) is 12.8 Å². The van der Waals surface area contributed by atoms with Crippen molar-refractivity contribution in [3.8, 4) is 0 Å². The summed E-state index contributed by atoms with van der Waals surface area (Å²) in [6.07, 6.45) is 0.329. The van der Waals surface area contributed by atoms with Gasteiger partial charge < -0.3 is 21.6 Å². The van der Waals surface area contributed by atoms with E-state index in [0.717, 1.165) is 0 Å². The van der Waals surface area contributed by atoms with Gasteiger partial charge in [0.15, 0.2) is 0 Å². The van der Waals surface area contributed by atoms with Crippen LogP contribution in [0.5, 0.6) is 0 Å². The summed E-state index contributed by atoms with van der Waals surface area (Å²) in [6.45, 7) is 0. The molecule has 4 N–H and O–H groups in total. The van der Waals surface area contributed by atoms with Crippen LogP contribution in [0, 0.1) is 21.6 Å². The van der Waals surface area contributed by atoms with Crippen LogP contribution >= 0.6 is 0 Å². The van der Waals surface area contributed by atoms with E-state index in [-0.39, 0.29) is 35.7 Å². The maximum Gasteiger partial charge on any atom is 0.0585 e. The Morgan fingerprint density at radius 1 is 0.600 bits per heavy atom. The van der Waals surface area contributed by atoms with Crippen molar-refractivity contribution in [1.82, 2.24) is 0 Å². The zero-order chi connectivity index (χ0) is 7.72. The van der Waals surface area contributed by atoms with Crippen molar-refractivity contribution in [2.75, 3.05) is 0 Å². The van der Waals surface area contributed by atoms with E-state index < -0.39 is 0 Å². The molecule has 1 saturated carbocycles. The molecule has 0 radical (unpaired) electrons. The molecule has 0 atom stereocenters. The van der Waals surface area contributed by atoms with E-state index in [1.165, 1.54) is 0 Å². The lowest BCUT2D eigenvalue weighted by molar-refractivity contribution is 1.29. The van der Waals surface area contributed by atoms with Crippen molar-refractivity contribution < 1.29 is 0 Å². The lowest BCUT2D eigenvalue weighted by atomic mass is 9.93. The molecular weight excluding hydrogens is 128 g/mol. The molecule has 1 rings (SSSR count). The Morgan fingerprint density at radius 2 is 0.800 bits per heavy atom. The fraction of sp³-hybridized carbons (Fsp3) is 0.333. The minimum absolute atomic E-state index is 0.164. The topological polar surface area (TPSA) is 95.4 Å². The third-order valence-electron chi connectivity index (χ3n) is 1.44. The first-order valence-electron chi connectivity index (χ1n) is 2.91. The van der Waals surface area contributed by atoms with Gasteiger partial charge in [0.2, 0.25) is 0 Å². The third-order valence-corrected chi connectivity index (χ3v) is 1.44. The van der Waals surface area contributed by atoms with Gasteiger partial charge >= 0.3 is 0 Å². The first kappa shape index (κ1) is 6.80. The van der Waals surface area contributed by atoms with Crippen molar-refractivity contribution in [3.63, 3.8) is 0 Å². The number of rotatable bonds is 0. The van der Waals surface area contributed by atoms with Crippen molar-refractivity contribution in [2.45, 2.75) is 12.8 Å². The summed E-state index contributed by atoms with van der Waals surface area (Å²) in [7, 11) is 0. The molecule has 10 heavy (non-hydrogen) atoms. The molecule has 0 aliphatic heterocycles. The molecule has 0 amide bonds. The first-order valence-corrected chi connectivity index (χ1v) is 2.91. The second-order valence-corrected chi connectivity index (χ2v) is 2.27. The number of nitrogens with one attached hydrogen (secondary N) is 4. The zero-order valence-corrected chi connectivity index (χ0v) is 5.41. The van der Waals surface area contributed by atoms with Gasteiger partial charge in [-0.3, -0.25) is 0 Å². The maximum atomic E-state index is 7.15. The molecule has 4 heteroatoms. The van der Waals surface area contributed by atoms with Crippen LogP contribution in [0.25, 0.3) is 0 Å². The molecule has 1 aliphatic rings. The minimum Gasteiger partial charge on any atom is -0.303 e. The van der Waals surface area contributed by atoms with Gasteiger partial charge in [0, 0.05) is 12.8 Å². The molecule has 0 aromatic carbocycles. The smallest absolute Gasteiger partial charge is 0.0585 e.